The number of nitrogens with zero attached hydrogens (tertiary/aromatic N) is 3. The SMILES string of the molecule is O=C(CCN1CCN(C(=O)N2CCNCC2)CC1)Nc1cccc2ccccc12. The Morgan fingerprint density at radius 1 is 0.862 bits per heavy atom. The predicted octanol–water partition coefficient (Wildman–Crippen LogP) is 1.81. The first-order valence-electron chi connectivity index (χ1n) is 10.5. The number of amides is 3. The van der Waals surface area contributed by atoms with E-state index in [1.165, 1.54) is 0 Å². The van der Waals surface area contributed by atoms with E-state index in [4.69, 9.17) is 0 Å². The number of carbonyl (C=O) groups is 2. The number of anilines is 1. The topological polar surface area (TPSA) is 67.9 Å². The van der Waals surface area contributed by atoms with Crippen LogP contribution in [0.4, 0.5) is 10.5 Å². The summed E-state index contributed by atoms with van der Waals surface area (Å²) in [5, 5.41) is 8.51. The van der Waals surface area contributed by atoms with Gasteiger partial charge in [0.05, 0.1) is 0 Å². The van der Waals surface area contributed by atoms with Crippen molar-refractivity contribution in [3.8, 4) is 0 Å². The molecule has 0 aromatic heterocycles. The van der Waals surface area contributed by atoms with Gasteiger partial charge in [-0.2, -0.15) is 0 Å². The van der Waals surface area contributed by atoms with E-state index in [1.54, 1.807) is 0 Å². The van der Waals surface area contributed by atoms with Crippen LogP contribution in [0, 0.1) is 0 Å². The lowest BCUT2D eigenvalue weighted by Crippen LogP contribution is -2.56. The van der Waals surface area contributed by atoms with Crippen molar-refractivity contribution in [3.63, 3.8) is 0 Å². The molecule has 2 aromatic rings. The molecule has 0 spiro atoms. The lowest BCUT2D eigenvalue weighted by atomic mass is 10.1. The van der Waals surface area contributed by atoms with Gasteiger partial charge in [0.2, 0.25) is 5.91 Å². The zero-order chi connectivity index (χ0) is 20.1. The first-order valence-corrected chi connectivity index (χ1v) is 10.5. The number of carbonyl (C=O) groups excluding carboxylic acids is 2. The Balaban J connectivity index is 1.23. The van der Waals surface area contributed by atoms with E-state index < -0.39 is 0 Å². The van der Waals surface area contributed by atoms with Crippen LogP contribution in [0.3, 0.4) is 0 Å². The van der Waals surface area contributed by atoms with Gasteiger partial charge in [0, 0.05) is 76.4 Å². The fourth-order valence-electron chi connectivity index (χ4n) is 4.03. The largest absolute Gasteiger partial charge is 0.325 e. The maximum atomic E-state index is 12.6. The Morgan fingerprint density at radius 3 is 2.34 bits per heavy atom. The zero-order valence-corrected chi connectivity index (χ0v) is 16.8. The van der Waals surface area contributed by atoms with E-state index >= 15 is 0 Å². The molecule has 29 heavy (non-hydrogen) atoms. The minimum atomic E-state index is 0.0284. The van der Waals surface area contributed by atoms with Crippen molar-refractivity contribution in [1.29, 1.82) is 0 Å². The molecular formula is C22H29N5O2. The molecule has 3 amide bonds. The molecule has 0 atom stereocenters. The summed E-state index contributed by atoms with van der Waals surface area (Å²) in [6.07, 6.45) is 0.453. The lowest BCUT2D eigenvalue weighted by Gasteiger charge is -2.38. The van der Waals surface area contributed by atoms with Crippen LogP contribution in [-0.4, -0.2) is 85.5 Å². The summed E-state index contributed by atoms with van der Waals surface area (Å²) in [6, 6.07) is 14.2. The van der Waals surface area contributed by atoms with Gasteiger partial charge in [-0.1, -0.05) is 36.4 Å². The van der Waals surface area contributed by atoms with Crippen LogP contribution in [0.25, 0.3) is 10.8 Å². The van der Waals surface area contributed by atoms with E-state index in [9.17, 15) is 9.59 Å². The van der Waals surface area contributed by atoms with Crippen molar-refractivity contribution >= 4 is 28.4 Å². The Bertz CT molecular complexity index is 852. The molecule has 154 valence electrons. The molecule has 2 fully saturated rings. The smallest absolute Gasteiger partial charge is 0.320 e. The quantitative estimate of drug-likeness (QED) is 0.829. The Hall–Kier alpha value is -2.64. The van der Waals surface area contributed by atoms with E-state index in [1.807, 2.05) is 52.3 Å². The molecule has 2 aliphatic rings. The summed E-state index contributed by atoms with van der Waals surface area (Å²) >= 11 is 0. The van der Waals surface area contributed by atoms with Gasteiger partial charge in [-0.05, 0) is 11.5 Å². The second-order valence-corrected chi connectivity index (χ2v) is 7.67. The van der Waals surface area contributed by atoms with Gasteiger partial charge in [0.25, 0.3) is 0 Å². The van der Waals surface area contributed by atoms with Crippen LogP contribution < -0.4 is 10.6 Å². The molecular weight excluding hydrogens is 366 g/mol. The van der Waals surface area contributed by atoms with Crippen LogP contribution in [-0.2, 0) is 4.79 Å². The Labute approximate surface area is 171 Å². The third-order valence-electron chi connectivity index (χ3n) is 5.75. The average Bonchev–Trinajstić information content (AvgIpc) is 2.78. The number of hydrogen-bond acceptors (Lipinski definition) is 4. The fraction of sp³-hybridized carbons (Fsp3) is 0.455. The summed E-state index contributed by atoms with van der Waals surface area (Å²) in [4.78, 5) is 31.2. The van der Waals surface area contributed by atoms with Crippen molar-refractivity contribution in [2.45, 2.75) is 6.42 Å². The molecule has 0 radical (unpaired) electrons. The van der Waals surface area contributed by atoms with Crippen LogP contribution in [0.2, 0.25) is 0 Å². The summed E-state index contributed by atoms with van der Waals surface area (Å²) in [5.41, 5.74) is 0.861. The molecule has 0 saturated carbocycles. The van der Waals surface area contributed by atoms with Crippen molar-refractivity contribution in [2.24, 2.45) is 0 Å². The Kier molecular flexibility index (Phi) is 6.27. The third kappa shape index (κ3) is 4.86. The number of urea groups is 1. The molecule has 2 N–H and O–H groups in total. The Morgan fingerprint density at radius 2 is 1.55 bits per heavy atom. The molecule has 2 aromatic carbocycles. The van der Waals surface area contributed by atoms with E-state index in [0.717, 1.165) is 68.8 Å². The van der Waals surface area contributed by atoms with Gasteiger partial charge in [-0.3, -0.25) is 9.69 Å². The van der Waals surface area contributed by atoms with Crippen LogP contribution in [0.1, 0.15) is 6.42 Å². The zero-order valence-electron chi connectivity index (χ0n) is 16.8. The standard InChI is InChI=1S/C22H29N5O2/c28-21(24-20-7-3-5-18-4-1-2-6-19(18)20)8-11-25-14-16-27(17-15-25)22(29)26-12-9-23-10-13-26/h1-7,23H,8-17H2,(H,24,28). The van der Waals surface area contributed by atoms with Crippen molar-refractivity contribution in [1.82, 2.24) is 20.0 Å². The number of benzene rings is 2. The highest BCUT2D eigenvalue weighted by molar-refractivity contribution is 6.02. The number of nitrogens with one attached hydrogen (secondary N) is 2. The van der Waals surface area contributed by atoms with E-state index in [-0.39, 0.29) is 11.9 Å². The molecule has 4 rings (SSSR count). The van der Waals surface area contributed by atoms with Gasteiger partial charge in [0.15, 0.2) is 0 Å². The number of hydrogen-bond donors (Lipinski definition) is 2. The third-order valence-corrected chi connectivity index (χ3v) is 5.75. The second-order valence-electron chi connectivity index (χ2n) is 7.67. The molecule has 0 unspecified atom stereocenters. The molecule has 0 aliphatic carbocycles. The van der Waals surface area contributed by atoms with Gasteiger partial charge in [0.1, 0.15) is 0 Å². The van der Waals surface area contributed by atoms with Crippen LogP contribution in [0.15, 0.2) is 42.5 Å². The minimum Gasteiger partial charge on any atom is -0.325 e. The van der Waals surface area contributed by atoms with E-state index in [2.05, 4.69) is 15.5 Å². The summed E-state index contributed by atoms with van der Waals surface area (Å²) in [5.74, 6) is 0.0284. The summed E-state index contributed by atoms with van der Waals surface area (Å²) in [6.45, 7) is 7.13. The highest BCUT2D eigenvalue weighted by Crippen LogP contribution is 2.23. The number of piperazine rings is 2. The van der Waals surface area contributed by atoms with Crippen molar-refractivity contribution < 1.29 is 9.59 Å². The van der Waals surface area contributed by atoms with Gasteiger partial charge >= 0.3 is 6.03 Å². The normalized spacial score (nSPS) is 18.1. The molecule has 7 nitrogen and oxygen atoms in total. The number of rotatable bonds is 4. The van der Waals surface area contributed by atoms with Crippen LogP contribution in [0.5, 0.6) is 0 Å². The summed E-state index contributed by atoms with van der Waals surface area (Å²) < 4.78 is 0. The monoisotopic (exact) mass is 395 g/mol. The first-order chi connectivity index (χ1) is 14.2. The second kappa shape index (κ2) is 9.24. The highest BCUT2D eigenvalue weighted by atomic mass is 16.2. The maximum Gasteiger partial charge on any atom is 0.320 e. The molecule has 0 bridgehead atoms. The predicted molar refractivity (Wildman–Crippen MR) is 115 cm³/mol. The lowest BCUT2D eigenvalue weighted by molar-refractivity contribution is -0.116. The molecule has 2 heterocycles. The van der Waals surface area contributed by atoms with Gasteiger partial charge in [-0.15, -0.1) is 0 Å². The molecule has 2 saturated heterocycles. The number of fused-ring (bicyclic) bond motifs is 1. The van der Waals surface area contributed by atoms with Crippen molar-refractivity contribution in [3.05, 3.63) is 42.5 Å². The summed E-state index contributed by atoms with van der Waals surface area (Å²) in [7, 11) is 0. The van der Waals surface area contributed by atoms with Gasteiger partial charge in [-0.25, -0.2) is 4.79 Å². The average molecular weight is 396 g/mol. The minimum absolute atomic E-state index is 0.0284. The van der Waals surface area contributed by atoms with Crippen LogP contribution >= 0.6 is 0 Å². The first kappa shape index (κ1) is 19.7. The fourth-order valence-corrected chi connectivity index (χ4v) is 4.03. The highest BCUT2D eigenvalue weighted by Gasteiger charge is 2.26. The molecule has 7 heteroatoms. The molecule has 2 aliphatic heterocycles. The van der Waals surface area contributed by atoms with Gasteiger partial charge < -0.3 is 20.4 Å². The van der Waals surface area contributed by atoms with Crippen molar-refractivity contribution in [2.75, 3.05) is 64.2 Å². The van der Waals surface area contributed by atoms with E-state index in [0.29, 0.717) is 13.0 Å². The maximum absolute atomic E-state index is 12.6.